The van der Waals surface area contributed by atoms with Crippen molar-refractivity contribution in [2.75, 3.05) is 13.2 Å². The quantitative estimate of drug-likeness (QED) is 0.151. The number of esters is 5. The smallest absolute Gasteiger partial charge is 0.408 e. The topological polar surface area (TPSA) is 217 Å². The normalized spacial score (nSPS) is 19.9. The van der Waals surface area contributed by atoms with Crippen LogP contribution in [0.25, 0.3) is 0 Å². The van der Waals surface area contributed by atoms with Gasteiger partial charge in [-0.05, 0) is 44.0 Å². The molecule has 294 valence electrons. The van der Waals surface area contributed by atoms with E-state index in [0.717, 1.165) is 26.3 Å². The maximum atomic E-state index is 13.3. The molecule has 1 aliphatic heterocycles. The minimum atomic E-state index is -1.52. The van der Waals surface area contributed by atoms with Crippen molar-refractivity contribution in [3.63, 3.8) is 0 Å². The molecule has 0 unspecified atom stereocenters. The number of carbonyl (C=O) groups is 7. The number of hydrogen-bond donors (Lipinski definition) is 2. The van der Waals surface area contributed by atoms with Crippen LogP contribution in [0.1, 0.15) is 59.6 Å². The number of nitrogens with one attached hydrogen (secondary N) is 2. The van der Waals surface area contributed by atoms with Crippen LogP contribution in [0.15, 0.2) is 54.6 Å². The Kier molecular flexibility index (Phi) is 15.9. The maximum Gasteiger partial charge on any atom is 0.408 e. The summed E-state index contributed by atoms with van der Waals surface area (Å²) in [5.74, 6) is -3.99. The Hall–Kier alpha value is -5.55. The number of rotatable bonds is 15. The molecule has 0 aliphatic carbocycles. The van der Waals surface area contributed by atoms with Crippen LogP contribution >= 0.6 is 0 Å². The van der Waals surface area contributed by atoms with Gasteiger partial charge in [0.15, 0.2) is 24.5 Å². The van der Waals surface area contributed by atoms with E-state index in [2.05, 4.69) is 10.6 Å². The van der Waals surface area contributed by atoms with Gasteiger partial charge in [0.2, 0.25) is 5.91 Å². The third-order valence-electron chi connectivity index (χ3n) is 7.20. The largest absolute Gasteiger partial charge is 0.463 e. The van der Waals surface area contributed by atoms with E-state index in [1.54, 1.807) is 32.9 Å². The molecule has 3 rings (SSSR count). The van der Waals surface area contributed by atoms with Gasteiger partial charge in [0.1, 0.15) is 36.7 Å². The molecular formula is C37H46N2O15. The fraction of sp³-hybridized carbons (Fsp3) is 0.486. The monoisotopic (exact) mass is 758 g/mol. The molecule has 2 N–H and O–H groups in total. The molecule has 6 atom stereocenters. The van der Waals surface area contributed by atoms with E-state index in [1.807, 2.05) is 30.3 Å². The molecule has 1 heterocycles. The molecule has 1 saturated heterocycles. The molecule has 1 fully saturated rings. The standard InChI is InChI=1S/C37H46N2O15/c1-21(40)38-31-33(51-24(4)43)32(50-23(3)42)29(20-47-22(2)41)53-35(31)48-19-28(34(45)54-37(5,6)7)39-36(46)49-18-26-13-15-27(16-14-26)52-30(44)17-25-11-9-8-10-12-25/h8-16,28-29,31-33,35H,17-20H2,1-7H3,(H,38,40)(H,39,46)/t28-,29+,31+,32+,33+,35+/m0/s1. The number of carbonyl (C=O) groups excluding carboxylic acids is 7. The van der Waals surface area contributed by atoms with Gasteiger partial charge in [-0.3, -0.25) is 24.0 Å². The number of amides is 2. The van der Waals surface area contributed by atoms with Crippen LogP contribution in [0.2, 0.25) is 0 Å². The Labute approximate surface area is 312 Å². The molecule has 0 aromatic heterocycles. The molecule has 0 bridgehead atoms. The van der Waals surface area contributed by atoms with Gasteiger partial charge in [0, 0.05) is 27.7 Å². The van der Waals surface area contributed by atoms with E-state index in [9.17, 15) is 33.6 Å². The van der Waals surface area contributed by atoms with Crippen LogP contribution in [0.3, 0.4) is 0 Å². The Morgan fingerprint density at radius 1 is 0.778 bits per heavy atom. The van der Waals surface area contributed by atoms with Crippen LogP contribution in [0.4, 0.5) is 4.79 Å². The highest BCUT2D eigenvalue weighted by atomic mass is 16.7. The van der Waals surface area contributed by atoms with E-state index in [4.69, 9.17) is 37.9 Å². The third kappa shape index (κ3) is 14.8. The molecule has 0 saturated carbocycles. The lowest BCUT2D eigenvalue weighted by molar-refractivity contribution is -0.278. The molecule has 2 aromatic carbocycles. The van der Waals surface area contributed by atoms with Gasteiger partial charge in [-0.25, -0.2) is 9.59 Å². The highest BCUT2D eigenvalue weighted by Crippen LogP contribution is 2.28. The third-order valence-corrected chi connectivity index (χ3v) is 7.20. The second-order valence-corrected chi connectivity index (χ2v) is 13.1. The van der Waals surface area contributed by atoms with Crippen LogP contribution in [-0.4, -0.2) is 97.3 Å². The molecule has 2 amide bonds. The van der Waals surface area contributed by atoms with Crippen molar-refractivity contribution in [2.24, 2.45) is 0 Å². The predicted molar refractivity (Wildman–Crippen MR) is 185 cm³/mol. The Morgan fingerprint density at radius 2 is 1.41 bits per heavy atom. The number of alkyl carbamates (subject to hydrolysis) is 1. The van der Waals surface area contributed by atoms with Gasteiger partial charge >= 0.3 is 35.9 Å². The number of hydrogen-bond acceptors (Lipinski definition) is 15. The first-order valence-corrected chi connectivity index (χ1v) is 16.9. The lowest BCUT2D eigenvalue weighted by Crippen LogP contribution is -2.67. The van der Waals surface area contributed by atoms with Gasteiger partial charge < -0.3 is 48.5 Å². The summed E-state index contributed by atoms with van der Waals surface area (Å²) < 4.78 is 44.0. The molecule has 0 radical (unpaired) electrons. The van der Waals surface area contributed by atoms with Crippen LogP contribution < -0.4 is 15.4 Å². The van der Waals surface area contributed by atoms with Gasteiger partial charge in [0.05, 0.1) is 13.0 Å². The van der Waals surface area contributed by atoms with E-state index < -0.39 is 97.3 Å². The highest BCUT2D eigenvalue weighted by Gasteiger charge is 2.51. The summed E-state index contributed by atoms with van der Waals surface area (Å²) in [5.41, 5.74) is 0.347. The van der Waals surface area contributed by atoms with Gasteiger partial charge in [-0.1, -0.05) is 42.5 Å². The maximum absolute atomic E-state index is 13.3. The highest BCUT2D eigenvalue weighted by molar-refractivity contribution is 5.82. The summed E-state index contributed by atoms with van der Waals surface area (Å²) in [6, 6.07) is 12.5. The average molecular weight is 759 g/mol. The van der Waals surface area contributed by atoms with E-state index >= 15 is 0 Å². The SMILES string of the molecule is CC(=O)N[C@H]1[C@H](OC[C@H](NC(=O)OCc2ccc(OC(=O)Cc3ccccc3)cc2)C(=O)OC(C)(C)C)O[C@H](COC(C)=O)[C@@H](OC(C)=O)[C@@H]1OC(C)=O. The van der Waals surface area contributed by atoms with Crippen molar-refractivity contribution >= 4 is 41.8 Å². The van der Waals surface area contributed by atoms with Crippen molar-refractivity contribution in [2.45, 2.75) is 104 Å². The van der Waals surface area contributed by atoms with Crippen molar-refractivity contribution in [3.05, 3.63) is 65.7 Å². The minimum absolute atomic E-state index is 0.0889. The fourth-order valence-corrected chi connectivity index (χ4v) is 5.08. The van der Waals surface area contributed by atoms with Crippen molar-refractivity contribution in [1.82, 2.24) is 10.6 Å². The zero-order chi connectivity index (χ0) is 40.0. The summed E-state index contributed by atoms with van der Waals surface area (Å²) in [6.45, 7) is 7.98. The second kappa shape index (κ2) is 20.1. The first kappa shape index (κ1) is 42.9. The van der Waals surface area contributed by atoms with Crippen LogP contribution in [-0.2, 0) is 75.0 Å². The van der Waals surface area contributed by atoms with E-state index in [0.29, 0.717) is 11.3 Å². The first-order chi connectivity index (χ1) is 25.4. The first-order valence-electron chi connectivity index (χ1n) is 16.9. The molecule has 0 spiro atoms. The van der Waals surface area contributed by atoms with Gasteiger partial charge in [-0.2, -0.15) is 0 Å². The molecule has 17 heteroatoms. The van der Waals surface area contributed by atoms with Crippen molar-refractivity contribution < 1.29 is 71.5 Å². The number of benzene rings is 2. The van der Waals surface area contributed by atoms with Crippen molar-refractivity contribution in [3.8, 4) is 5.75 Å². The molecule has 2 aromatic rings. The Bertz CT molecular complexity index is 1620. The van der Waals surface area contributed by atoms with E-state index in [-0.39, 0.29) is 13.0 Å². The summed E-state index contributed by atoms with van der Waals surface area (Å²) in [5, 5.41) is 4.95. The van der Waals surface area contributed by atoms with Crippen LogP contribution in [0.5, 0.6) is 5.75 Å². The minimum Gasteiger partial charge on any atom is -0.463 e. The molecule has 54 heavy (non-hydrogen) atoms. The zero-order valence-corrected chi connectivity index (χ0v) is 31.1. The van der Waals surface area contributed by atoms with Crippen molar-refractivity contribution in [1.29, 1.82) is 0 Å². The molecule has 1 aliphatic rings. The summed E-state index contributed by atoms with van der Waals surface area (Å²) in [4.78, 5) is 86.6. The fourth-order valence-electron chi connectivity index (χ4n) is 5.08. The number of ether oxygens (including phenoxy) is 8. The van der Waals surface area contributed by atoms with Gasteiger partial charge in [-0.15, -0.1) is 0 Å². The predicted octanol–water partition coefficient (Wildman–Crippen LogP) is 2.44. The van der Waals surface area contributed by atoms with Gasteiger partial charge in [0.25, 0.3) is 0 Å². The lowest BCUT2D eigenvalue weighted by atomic mass is 9.96. The summed E-state index contributed by atoms with van der Waals surface area (Å²) in [6.07, 6.45) is -6.51. The Morgan fingerprint density at radius 3 is 1.98 bits per heavy atom. The summed E-state index contributed by atoms with van der Waals surface area (Å²) in [7, 11) is 0. The lowest BCUT2D eigenvalue weighted by Gasteiger charge is -2.45. The zero-order valence-electron chi connectivity index (χ0n) is 31.1. The van der Waals surface area contributed by atoms with Crippen LogP contribution in [0, 0.1) is 0 Å². The van der Waals surface area contributed by atoms with E-state index in [1.165, 1.54) is 19.1 Å². The second-order valence-electron chi connectivity index (χ2n) is 13.1. The Balaban J connectivity index is 1.74. The average Bonchev–Trinajstić information content (AvgIpc) is 3.06. The molecule has 17 nitrogen and oxygen atoms in total. The molecular weight excluding hydrogens is 712 g/mol. The summed E-state index contributed by atoms with van der Waals surface area (Å²) >= 11 is 0.